The predicted octanol–water partition coefficient (Wildman–Crippen LogP) is 3.58. The van der Waals surface area contributed by atoms with E-state index in [2.05, 4.69) is 6.92 Å². The minimum Gasteiger partial charge on any atom is -0.389 e. The zero-order chi connectivity index (χ0) is 9.94. The molecule has 0 rings (SSSR count). The van der Waals surface area contributed by atoms with Crippen molar-refractivity contribution in [1.29, 1.82) is 0 Å². The van der Waals surface area contributed by atoms with Gasteiger partial charge in [0.1, 0.15) is 5.83 Å². The second-order valence-corrected chi connectivity index (χ2v) is 3.37. The number of hydrogen-bond acceptors (Lipinski definition) is 1. The third-order valence-electron chi connectivity index (χ3n) is 2.07. The molecule has 0 amide bonds. The SMILES string of the molecule is CCCCCCCC/C=C(\F)CO. The van der Waals surface area contributed by atoms with E-state index in [1.54, 1.807) is 0 Å². The van der Waals surface area contributed by atoms with Crippen molar-refractivity contribution >= 4 is 0 Å². The van der Waals surface area contributed by atoms with Gasteiger partial charge in [0.05, 0.1) is 6.61 Å². The van der Waals surface area contributed by atoms with Gasteiger partial charge in [0, 0.05) is 0 Å². The highest BCUT2D eigenvalue weighted by atomic mass is 19.1. The lowest BCUT2D eigenvalue weighted by molar-refractivity contribution is 0.297. The first kappa shape index (κ1) is 12.6. The fourth-order valence-electron chi connectivity index (χ4n) is 1.25. The molecule has 0 aliphatic rings. The van der Waals surface area contributed by atoms with Crippen molar-refractivity contribution in [1.82, 2.24) is 0 Å². The first-order valence-corrected chi connectivity index (χ1v) is 5.26. The molecule has 2 heteroatoms. The van der Waals surface area contributed by atoms with Gasteiger partial charge in [-0.3, -0.25) is 0 Å². The average molecular weight is 188 g/mol. The maximum atomic E-state index is 12.4. The number of aliphatic hydroxyl groups excluding tert-OH is 1. The minimum atomic E-state index is -0.449. The predicted molar refractivity (Wildman–Crippen MR) is 54.3 cm³/mol. The Kier molecular flexibility index (Phi) is 9.44. The molecular weight excluding hydrogens is 167 g/mol. The van der Waals surface area contributed by atoms with Gasteiger partial charge in [0.15, 0.2) is 0 Å². The largest absolute Gasteiger partial charge is 0.389 e. The number of unbranched alkanes of at least 4 members (excludes halogenated alkanes) is 6. The summed E-state index contributed by atoms with van der Waals surface area (Å²) in [5.74, 6) is -0.395. The molecule has 0 spiro atoms. The van der Waals surface area contributed by atoms with Crippen LogP contribution in [0, 0.1) is 0 Å². The number of allylic oxidation sites excluding steroid dienone is 1. The van der Waals surface area contributed by atoms with Crippen LogP contribution in [-0.4, -0.2) is 11.7 Å². The molecule has 0 aromatic carbocycles. The van der Waals surface area contributed by atoms with Crippen molar-refractivity contribution in [3.63, 3.8) is 0 Å². The summed E-state index contributed by atoms with van der Waals surface area (Å²) in [6.07, 6.45) is 9.58. The first-order chi connectivity index (χ1) is 6.31. The van der Waals surface area contributed by atoms with Gasteiger partial charge in [-0.15, -0.1) is 0 Å². The Labute approximate surface area is 80.7 Å². The average Bonchev–Trinajstić information content (AvgIpc) is 2.16. The third-order valence-corrected chi connectivity index (χ3v) is 2.07. The smallest absolute Gasteiger partial charge is 0.121 e. The highest BCUT2D eigenvalue weighted by Gasteiger charge is 1.91. The summed E-state index contributed by atoms with van der Waals surface area (Å²) in [4.78, 5) is 0. The second kappa shape index (κ2) is 9.72. The lowest BCUT2D eigenvalue weighted by Gasteiger charge is -1.97. The Bertz CT molecular complexity index is 132. The van der Waals surface area contributed by atoms with Crippen molar-refractivity contribution in [3.8, 4) is 0 Å². The van der Waals surface area contributed by atoms with Crippen LogP contribution in [0.4, 0.5) is 4.39 Å². The molecule has 78 valence electrons. The summed E-state index contributed by atoms with van der Waals surface area (Å²) in [5, 5.41) is 8.36. The summed E-state index contributed by atoms with van der Waals surface area (Å²) < 4.78 is 12.4. The van der Waals surface area contributed by atoms with Gasteiger partial charge < -0.3 is 5.11 Å². The third kappa shape index (κ3) is 9.54. The molecule has 0 radical (unpaired) electrons. The highest BCUT2D eigenvalue weighted by Crippen LogP contribution is 2.08. The van der Waals surface area contributed by atoms with Crippen molar-refractivity contribution < 1.29 is 9.50 Å². The normalized spacial score (nSPS) is 12.1. The molecule has 0 atom stereocenters. The van der Waals surface area contributed by atoms with Crippen LogP contribution in [0.5, 0.6) is 0 Å². The zero-order valence-corrected chi connectivity index (χ0v) is 8.56. The minimum absolute atomic E-state index is 0.395. The van der Waals surface area contributed by atoms with Crippen LogP contribution < -0.4 is 0 Å². The molecule has 0 aliphatic heterocycles. The monoisotopic (exact) mass is 188 g/mol. The number of rotatable bonds is 8. The first-order valence-electron chi connectivity index (χ1n) is 5.26. The van der Waals surface area contributed by atoms with Crippen LogP contribution in [0.1, 0.15) is 51.9 Å². The Hall–Kier alpha value is -0.370. The maximum Gasteiger partial charge on any atom is 0.121 e. The van der Waals surface area contributed by atoms with E-state index >= 15 is 0 Å². The van der Waals surface area contributed by atoms with Gasteiger partial charge >= 0.3 is 0 Å². The van der Waals surface area contributed by atoms with E-state index in [9.17, 15) is 4.39 Å². The molecule has 0 bridgehead atoms. The van der Waals surface area contributed by atoms with E-state index in [1.165, 1.54) is 38.2 Å². The number of halogens is 1. The van der Waals surface area contributed by atoms with Crippen molar-refractivity contribution in [2.45, 2.75) is 51.9 Å². The van der Waals surface area contributed by atoms with E-state index < -0.39 is 12.4 Å². The lowest BCUT2D eigenvalue weighted by Crippen LogP contribution is -1.82. The zero-order valence-electron chi connectivity index (χ0n) is 8.56. The Morgan fingerprint density at radius 1 is 1.15 bits per heavy atom. The fraction of sp³-hybridized carbons (Fsp3) is 0.818. The standard InChI is InChI=1S/C11H21FO/c1-2-3-4-5-6-7-8-9-11(12)10-13/h9,13H,2-8,10H2,1H3/b11-9-. The van der Waals surface area contributed by atoms with E-state index in [0.717, 1.165) is 12.8 Å². The van der Waals surface area contributed by atoms with Crippen LogP contribution in [0.15, 0.2) is 11.9 Å². The van der Waals surface area contributed by atoms with Crippen molar-refractivity contribution in [2.75, 3.05) is 6.61 Å². The molecular formula is C11H21FO. The molecule has 0 saturated carbocycles. The Balaban J connectivity index is 3.08. The molecule has 0 aliphatic carbocycles. The second-order valence-electron chi connectivity index (χ2n) is 3.37. The van der Waals surface area contributed by atoms with Gasteiger partial charge in [-0.2, -0.15) is 0 Å². The molecule has 1 N–H and O–H groups in total. The van der Waals surface area contributed by atoms with Crippen LogP contribution in [0.3, 0.4) is 0 Å². The molecule has 0 heterocycles. The lowest BCUT2D eigenvalue weighted by atomic mass is 10.1. The molecule has 0 aromatic heterocycles. The molecule has 1 nitrogen and oxygen atoms in total. The summed E-state index contributed by atoms with van der Waals surface area (Å²) >= 11 is 0. The van der Waals surface area contributed by atoms with E-state index in [0.29, 0.717) is 0 Å². The van der Waals surface area contributed by atoms with Crippen molar-refractivity contribution in [3.05, 3.63) is 11.9 Å². The van der Waals surface area contributed by atoms with Crippen LogP contribution in [0.25, 0.3) is 0 Å². The molecule has 0 fully saturated rings. The Morgan fingerprint density at radius 2 is 1.77 bits per heavy atom. The van der Waals surface area contributed by atoms with E-state index in [1.807, 2.05) is 0 Å². The summed E-state index contributed by atoms with van der Waals surface area (Å²) in [5.41, 5.74) is 0. The van der Waals surface area contributed by atoms with Crippen molar-refractivity contribution in [2.24, 2.45) is 0 Å². The Morgan fingerprint density at radius 3 is 2.38 bits per heavy atom. The van der Waals surface area contributed by atoms with Crippen LogP contribution in [0.2, 0.25) is 0 Å². The van der Waals surface area contributed by atoms with E-state index in [4.69, 9.17) is 5.11 Å². The molecule has 0 aromatic rings. The van der Waals surface area contributed by atoms with Crippen LogP contribution >= 0.6 is 0 Å². The van der Waals surface area contributed by atoms with Crippen LogP contribution in [-0.2, 0) is 0 Å². The molecule has 0 unspecified atom stereocenters. The van der Waals surface area contributed by atoms with Gasteiger partial charge in [0.2, 0.25) is 0 Å². The molecule has 13 heavy (non-hydrogen) atoms. The number of hydrogen-bond donors (Lipinski definition) is 1. The quantitative estimate of drug-likeness (QED) is 0.577. The topological polar surface area (TPSA) is 20.2 Å². The fourth-order valence-corrected chi connectivity index (χ4v) is 1.25. The number of aliphatic hydroxyl groups is 1. The van der Waals surface area contributed by atoms with Gasteiger partial charge in [-0.05, 0) is 12.8 Å². The molecule has 0 saturated heterocycles. The summed E-state index contributed by atoms with van der Waals surface area (Å²) in [6, 6.07) is 0. The van der Waals surface area contributed by atoms with E-state index in [-0.39, 0.29) is 0 Å². The van der Waals surface area contributed by atoms with Gasteiger partial charge in [0.25, 0.3) is 0 Å². The maximum absolute atomic E-state index is 12.4. The summed E-state index contributed by atoms with van der Waals surface area (Å²) in [7, 11) is 0. The summed E-state index contributed by atoms with van der Waals surface area (Å²) in [6.45, 7) is 1.75. The highest BCUT2D eigenvalue weighted by molar-refractivity contribution is 4.90. The van der Waals surface area contributed by atoms with Gasteiger partial charge in [-0.25, -0.2) is 4.39 Å². The van der Waals surface area contributed by atoms with Gasteiger partial charge in [-0.1, -0.05) is 45.1 Å².